The molecule has 2 aromatic rings. The van der Waals surface area contributed by atoms with Crippen LogP contribution in [0.5, 0.6) is 0 Å². The summed E-state index contributed by atoms with van der Waals surface area (Å²) in [5.74, 6) is 0.649. The van der Waals surface area contributed by atoms with Crippen LogP contribution in [0.1, 0.15) is 47.1 Å². The Morgan fingerprint density at radius 1 is 1.41 bits per heavy atom. The van der Waals surface area contributed by atoms with Gasteiger partial charge in [0.15, 0.2) is 0 Å². The number of nitrogens with one attached hydrogen (secondary N) is 1. The van der Waals surface area contributed by atoms with Crippen molar-refractivity contribution in [3.8, 4) is 0 Å². The number of thiazole rings is 1. The van der Waals surface area contributed by atoms with E-state index in [-0.39, 0.29) is 11.9 Å². The van der Waals surface area contributed by atoms with Gasteiger partial charge in [0.1, 0.15) is 0 Å². The zero-order valence-corrected chi connectivity index (χ0v) is 13.8. The molecule has 0 saturated heterocycles. The highest BCUT2D eigenvalue weighted by atomic mass is 32.1. The molecule has 1 atom stereocenters. The quantitative estimate of drug-likeness (QED) is 0.889. The summed E-state index contributed by atoms with van der Waals surface area (Å²) in [6, 6.07) is 4.13. The van der Waals surface area contributed by atoms with E-state index >= 15 is 0 Å². The van der Waals surface area contributed by atoms with Gasteiger partial charge in [-0.2, -0.15) is 0 Å². The molecule has 3 rings (SSSR count). The number of hydrogen-bond donors (Lipinski definition) is 1. The van der Waals surface area contributed by atoms with Crippen LogP contribution in [0.4, 0.5) is 0 Å². The largest absolute Gasteiger partial charge is 0.347 e. The third kappa shape index (κ3) is 3.71. The van der Waals surface area contributed by atoms with Crippen LogP contribution in [0.2, 0.25) is 0 Å². The molecule has 1 aliphatic carbocycles. The lowest BCUT2D eigenvalue weighted by Gasteiger charge is -2.18. The SMILES string of the molecule is Cc1ccnc([C@@H](NC(=O)CCc2scnc2C)C2CC2)c1. The van der Waals surface area contributed by atoms with Gasteiger partial charge in [-0.25, -0.2) is 4.98 Å². The van der Waals surface area contributed by atoms with Crippen molar-refractivity contribution >= 4 is 17.2 Å². The minimum absolute atomic E-state index is 0.0648. The van der Waals surface area contributed by atoms with E-state index < -0.39 is 0 Å². The van der Waals surface area contributed by atoms with Crippen molar-refractivity contribution in [3.05, 3.63) is 45.7 Å². The monoisotopic (exact) mass is 315 g/mol. The number of carbonyl (C=O) groups is 1. The maximum absolute atomic E-state index is 12.3. The molecule has 22 heavy (non-hydrogen) atoms. The number of pyridine rings is 1. The molecule has 0 unspecified atom stereocenters. The normalized spacial score (nSPS) is 15.5. The number of rotatable bonds is 6. The smallest absolute Gasteiger partial charge is 0.220 e. The van der Waals surface area contributed by atoms with Crippen molar-refractivity contribution in [1.29, 1.82) is 0 Å². The third-order valence-electron chi connectivity index (χ3n) is 4.09. The number of aromatic nitrogens is 2. The van der Waals surface area contributed by atoms with E-state index in [1.165, 1.54) is 23.3 Å². The van der Waals surface area contributed by atoms with Gasteiger partial charge in [-0.15, -0.1) is 11.3 Å². The van der Waals surface area contributed by atoms with Gasteiger partial charge in [-0.1, -0.05) is 0 Å². The molecule has 2 heterocycles. The predicted octanol–water partition coefficient (Wildman–Crippen LogP) is 3.36. The molecule has 0 spiro atoms. The van der Waals surface area contributed by atoms with Crippen LogP contribution >= 0.6 is 11.3 Å². The Balaban J connectivity index is 1.61. The van der Waals surface area contributed by atoms with E-state index in [0.29, 0.717) is 12.3 Å². The maximum atomic E-state index is 12.3. The number of amides is 1. The standard InChI is InChI=1S/C17H21N3OS/c1-11-7-8-18-14(9-11)17(13-3-4-13)20-16(21)6-5-15-12(2)19-10-22-15/h7-10,13,17H,3-6H2,1-2H3,(H,20,21)/t17-/m0/s1. The zero-order valence-electron chi connectivity index (χ0n) is 13.0. The first kappa shape index (κ1) is 15.2. The van der Waals surface area contributed by atoms with E-state index in [1.807, 2.05) is 24.7 Å². The second kappa shape index (κ2) is 6.57. The molecule has 0 radical (unpaired) electrons. The maximum Gasteiger partial charge on any atom is 0.220 e. The second-order valence-corrected chi connectivity index (χ2v) is 6.94. The molecule has 5 heteroatoms. The average molecular weight is 315 g/mol. The summed E-state index contributed by atoms with van der Waals surface area (Å²) in [5.41, 5.74) is 5.05. The lowest BCUT2D eigenvalue weighted by Crippen LogP contribution is -2.30. The Morgan fingerprint density at radius 3 is 2.86 bits per heavy atom. The van der Waals surface area contributed by atoms with Crippen LogP contribution < -0.4 is 5.32 Å². The molecule has 116 valence electrons. The highest BCUT2D eigenvalue weighted by Crippen LogP contribution is 2.40. The topological polar surface area (TPSA) is 54.9 Å². The Bertz CT molecular complexity index is 663. The summed E-state index contributed by atoms with van der Waals surface area (Å²) >= 11 is 1.62. The van der Waals surface area contributed by atoms with Crippen molar-refractivity contribution in [2.75, 3.05) is 0 Å². The van der Waals surface area contributed by atoms with Gasteiger partial charge >= 0.3 is 0 Å². The first-order valence-electron chi connectivity index (χ1n) is 7.74. The Labute approximate surface area is 135 Å². The lowest BCUT2D eigenvalue weighted by molar-refractivity contribution is -0.122. The van der Waals surface area contributed by atoms with Gasteiger partial charge in [0, 0.05) is 17.5 Å². The molecule has 1 aliphatic rings. The summed E-state index contributed by atoms with van der Waals surface area (Å²) in [6.45, 7) is 4.05. The van der Waals surface area contributed by atoms with E-state index in [2.05, 4.69) is 28.3 Å². The summed E-state index contributed by atoms with van der Waals surface area (Å²) in [6.07, 6.45) is 5.45. The Kier molecular flexibility index (Phi) is 4.52. The van der Waals surface area contributed by atoms with Crippen LogP contribution in [0, 0.1) is 19.8 Å². The van der Waals surface area contributed by atoms with Gasteiger partial charge in [0.05, 0.1) is 22.9 Å². The first-order valence-corrected chi connectivity index (χ1v) is 8.62. The van der Waals surface area contributed by atoms with Gasteiger partial charge in [-0.05, 0) is 56.7 Å². The molecule has 2 aromatic heterocycles. The minimum Gasteiger partial charge on any atom is -0.347 e. The van der Waals surface area contributed by atoms with Gasteiger partial charge < -0.3 is 5.32 Å². The highest BCUT2D eigenvalue weighted by molar-refractivity contribution is 7.09. The molecule has 0 aliphatic heterocycles. The van der Waals surface area contributed by atoms with E-state index in [9.17, 15) is 4.79 Å². The van der Waals surface area contributed by atoms with Crippen molar-refractivity contribution in [3.63, 3.8) is 0 Å². The van der Waals surface area contributed by atoms with E-state index in [1.54, 1.807) is 11.3 Å². The van der Waals surface area contributed by atoms with Crippen LogP contribution in [0.25, 0.3) is 0 Å². The van der Waals surface area contributed by atoms with Crippen LogP contribution in [-0.4, -0.2) is 15.9 Å². The van der Waals surface area contributed by atoms with Gasteiger partial charge in [0.25, 0.3) is 0 Å². The number of nitrogens with zero attached hydrogens (tertiary/aromatic N) is 2. The molecular weight excluding hydrogens is 294 g/mol. The second-order valence-electron chi connectivity index (χ2n) is 6.00. The Morgan fingerprint density at radius 2 is 2.23 bits per heavy atom. The van der Waals surface area contributed by atoms with Crippen molar-refractivity contribution in [1.82, 2.24) is 15.3 Å². The van der Waals surface area contributed by atoms with Crippen LogP contribution in [-0.2, 0) is 11.2 Å². The molecule has 0 bridgehead atoms. The van der Waals surface area contributed by atoms with Crippen LogP contribution in [0.15, 0.2) is 23.8 Å². The molecule has 1 amide bonds. The highest BCUT2D eigenvalue weighted by Gasteiger charge is 2.34. The summed E-state index contributed by atoms with van der Waals surface area (Å²) < 4.78 is 0. The summed E-state index contributed by atoms with van der Waals surface area (Å²) in [4.78, 5) is 22.2. The minimum atomic E-state index is 0.0648. The number of aryl methyl sites for hydroxylation is 3. The molecular formula is C17H21N3OS. The average Bonchev–Trinajstić information content (AvgIpc) is 3.25. The van der Waals surface area contributed by atoms with Crippen LogP contribution in [0.3, 0.4) is 0 Å². The van der Waals surface area contributed by atoms with Gasteiger partial charge in [-0.3, -0.25) is 9.78 Å². The summed E-state index contributed by atoms with van der Waals surface area (Å²) in [5, 5.41) is 3.19. The third-order valence-corrected chi connectivity index (χ3v) is 5.08. The number of carbonyl (C=O) groups excluding carboxylic acids is 1. The van der Waals surface area contributed by atoms with Crippen molar-refractivity contribution in [2.24, 2.45) is 5.92 Å². The van der Waals surface area contributed by atoms with Gasteiger partial charge in [0.2, 0.25) is 5.91 Å². The first-order chi connectivity index (χ1) is 10.6. The zero-order chi connectivity index (χ0) is 15.5. The predicted molar refractivity (Wildman–Crippen MR) is 87.8 cm³/mol. The number of hydrogen-bond acceptors (Lipinski definition) is 4. The fourth-order valence-electron chi connectivity index (χ4n) is 2.63. The van der Waals surface area contributed by atoms with E-state index in [0.717, 1.165) is 17.8 Å². The van der Waals surface area contributed by atoms with E-state index in [4.69, 9.17) is 0 Å². The molecule has 4 nitrogen and oxygen atoms in total. The molecule has 1 saturated carbocycles. The molecule has 0 aromatic carbocycles. The Hall–Kier alpha value is -1.75. The fourth-order valence-corrected chi connectivity index (χ4v) is 3.41. The summed E-state index contributed by atoms with van der Waals surface area (Å²) in [7, 11) is 0. The molecule has 1 N–H and O–H groups in total. The molecule has 1 fully saturated rings. The fraction of sp³-hybridized carbons (Fsp3) is 0.471. The van der Waals surface area contributed by atoms with Crippen molar-refractivity contribution in [2.45, 2.75) is 45.6 Å². The lowest BCUT2D eigenvalue weighted by atomic mass is 10.1. The van der Waals surface area contributed by atoms with Crippen molar-refractivity contribution < 1.29 is 4.79 Å².